The van der Waals surface area contributed by atoms with E-state index in [0.29, 0.717) is 48.5 Å². The van der Waals surface area contributed by atoms with E-state index in [2.05, 4.69) is 25.5 Å². The Labute approximate surface area is 171 Å². The van der Waals surface area contributed by atoms with Gasteiger partial charge in [0.05, 0.1) is 18.1 Å². The van der Waals surface area contributed by atoms with Crippen LogP contribution in [0, 0.1) is 12.8 Å². The Kier molecular flexibility index (Phi) is 4.94. The minimum Gasteiger partial charge on any atom is -0.310 e. The number of carbonyl (C=O) groups is 1. The SMILES string of the molecule is Cc1cc(NC(=O)C2CCN(S(C)(=O)=O)CC2)n(-c2nc3c(cnn3C)c(=O)[nH]2)n1. The van der Waals surface area contributed by atoms with Gasteiger partial charge in [0.1, 0.15) is 11.2 Å². The third-order valence-corrected chi connectivity index (χ3v) is 6.47. The third kappa shape index (κ3) is 3.73. The number of carbonyl (C=O) groups excluding carboxylic acids is 1. The van der Waals surface area contributed by atoms with Gasteiger partial charge < -0.3 is 5.32 Å². The molecule has 1 saturated heterocycles. The first-order chi connectivity index (χ1) is 14.1. The molecular formula is C17H22N8O4S. The number of anilines is 1. The summed E-state index contributed by atoms with van der Waals surface area (Å²) in [6, 6.07) is 1.68. The zero-order chi connectivity index (χ0) is 21.6. The molecule has 13 heteroatoms. The second kappa shape index (κ2) is 7.32. The van der Waals surface area contributed by atoms with Crippen LogP contribution in [0.5, 0.6) is 0 Å². The maximum absolute atomic E-state index is 12.8. The summed E-state index contributed by atoms with van der Waals surface area (Å²) in [5.74, 6) is -0.0226. The number of aromatic amines is 1. The molecule has 4 heterocycles. The molecule has 0 aliphatic carbocycles. The molecule has 3 aromatic heterocycles. The highest BCUT2D eigenvalue weighted by Gasteiger charge is 2.29. The molecule has 3 aromatic rings. The predicted octanol–water partition coefficient (Wildman–Crippen LogP) is -0.239. The van der Waals surface area contributed by atoms with Crippen molar-refractivity contribution in [2.24, 2.45) is 13.0 Å². The summed E-state index contributed by atoms with van der Waals surface area (Å²) < 4.78 is 27.5. The van der Waals surface area contributed by atoms with Crippen LogP contribution < -0.4 is 10.9 Å². The summed E-state index contributed by atoms with van der Waals surface area (Å²) in [4.78, 5) is 32.2. The van der Waals surface area contributed by atoms with Gasteiger partial charge in [-0.2, -0.15) is 19.9 Å². The van der Waals surface area contributed by atoms with Crippen LogP contribution in [0.1, 0.15) is 18.5 Å². The molecule has 30 heavy (non-hydrogen) atoms. The lowest BCUT2D eigenvalue weighted by molar-refractivity contribution is -0.120. The Morgan fingerprint density at radius 1 is 1.30 bits per heavy atom. The quantitative estimate of drug-likeness (QED) is 0.576. The van der Waals surface area contributed by atoms with Gasteiger partial charge in [0.25, 0.3) is 5.56 Å². The van der Waals surface area contributed by atoms with E-state index in [1.165, 1.54) is 26.1 Å². The van der Waals surface area contributed by atoms with Crippen LogP contribution in [0.4, 0.5) is 5.82 Å². The maximum Gasteiger partial charge on any atom is 0.263 e. The van der Waals surface area contributed by atoms with E-state index in [4.69, 9.17) is 0 Å². The van der Waals surface area contributed by atoms with Crippen LogP contribution in [0.2, 0.25) is 0 Å². The number of nitrogens with zero attached hydrogens (tertiary/aromatic N) is 6. The summed E-state index contributed by atoms with van der Waals surface area (Å²) in [6.07, 6.45) is 3.47. The van der Waals surface area contributed by atoms with Gasteiger partial charge in [-0.1, -0.05) is 0 Å². The first kappa shape index (κ1) is 20.2. The molecule has 0 spiro atoms. The minimum atomic E-state index is -3.26. The van der Waals surface area contributed by atoms with E-state index < -0.39 is 10.0 Å². The Hall–Kier alpha value is -3.06. The van der Waals surface area contributed by atoms with Crippen molar-refractivity contribution in [3.05, 3.63) is 28.3 Å². The molecule has 0 atom stereocenters. The van der Waals surface area contributed by atoms with Gasteiger partial charge in [-0.15, -0.1) is 0 Å². The first-order valence-electron chi connectivity index (χ1n) is 9.38. The van der Waals surface area contributed by atoms with E-state index in [1.54, 1.807) is 20.0 Å². The number of hydrogen-bond acceptors (Lipinski definition) is 7. The van der Waals surface area contributed by atoms with Gasteiger partial charge in [-0.05, 0) is 19.8 Å². The summed E-state index contributed by atoms with van der Waals surface area (Å²) in [7, 11) is -1.58. The maximum atomic E-state index is 12.8. The molecule has 0 unspecified atom stereocenters. The van der Waals surface area contributed by atoms with Crippen molar-refractivity contribution in [1.82, 2.24) is 33.8 Å². The van der Waals surface area contributed by atoms with Crippen LogP contribution in [-0.2, 0) is 21.9 Å². The number of hydrogen-bond donors (Lipinski definition) is 2. The molecule has 1 aliphatic rings. The van der Waals surface area contributed by atoms with Crippen LogP contribution in [-0.4, -0.2) is 67.5 Å². The van der Waals surface area contributed by atoms with Crippen molar-refractivity contribution >= 4 is 32.8 Å². The number of piperidine rings is 1. The molecule has 0 aromatic carbocycles. The predicted molar refractivity (Wildman–Crippen MR) is 109 cm³/mol. The van der Waals surface area contributed by atoms with E-state index in [-0.39, 0.29) is 23.3 Å². The minimum absolute atomic E-state index is 0.159. The fourth-order valence-electron chi connectivity index (χ4n) is 3.55. The van der Waals surface area contributed by atoms with Crippen LogP contribution in [0.3, 0.4) is 0 Å². The van der Waals surface area contributed by atoms with Crippen molar-refractivity contribution in [1.29, 1.82) is 0 Å². The van der Waals surface area contributed by atoms with Gasteiger partial charge in [0.15, 0.2) is 5.65 Å². The number of nitrogens with one attached hydrogen (secondary N) is 2. The highest BCUT2D eigenvalue weighted by atomic mass is 32.2. The lowest BCUT2D eigenvalue weighted by Crippen LogP contribution is -2.41. The van der Waals surface area contributed by atoms with Crippen molar-refractivity contribution in [3.63, 3.8) is 0 Å². The first-order valence-corrected chi connectivity index (χ1v) is 11.2. The number of aryl methyl sites for hydroxylation is 2. The number of rotatable bonds is 4. The lowest BCUT2D eigenvalue weighted by atomic mass is 9.97. The lowest BCUT2D eigenvalue weighted by Gasteiger charge is -2.29. The number of aromatic nitrogens is 6. The van der Waals surface area contributed by atoms with Crippen LogP contribution >= 0.6 is 0 Å². The average molecular weight is 434 g/mol. The van der Waals surface area contributed by atoms with Crippen molar-refractivity contribution in [2.45, 2.75) is 19.8 Å². The number of fused-ring (bicyclic) bond motifs is 1. The summed E-state index contributed by atoms with van der Waals surface area (Å²) >= 11 is 0. The number of sulfonamides is 1. The molecule has 0 bridgehead atoms. The van der Waals surface area contributed by atoms with Gasteiger partial charge in [-0.3, -0.25) is 19.3 Å². The van der Waals surface area contributed by atoms with Gasteiger partial charge in [0.2, 0.25) is 21.9 Å². The Morgan fingerprint density at radius 2 is 2.00 bits per heavy atom. The second-order valence-corrected chi connectivity index (χ2v) is 9.39. The monoisotopic (exact) mass is 434 g/mol. The molecular weight excluding hydrogens is 412 g/mol. The highest BCUT2D eigenvalue weighted by molar-refractivity contribution is 7.88. The number of H-pyrrole nitrogens is 1. The van der Waals surface area contributed by atoms with E-state index >= 15 is 0 Å². The summed E-state index contributed by atoms with van der Waals surface area (Å²) in [5, 5.41) is 11.6. The van der Waals surface area contributed by atoms with Crippen LogP contribution in [0.25, 0.3) is 17.0 Å². The molecule has 1 amide bonds. The molecule has 4 rings (SSSR count). The molecule has 12 nitrogen and oxygen atoms in total. The zero-order valence-electron chi connectivity index (χ0n) is 16.8. The van der Waals surface area contributed by atoms with Crippen molar-refractivity contribution in [2.75, 3.05) is 24.7 Å². The summed E-state index contributed by atoms with van der Waals surface area (Å²) in [6.45, 7) is 2.37. The molecule has 1 aliphatic heterocycles. The fraction of sp³-hybridized carbons (Fsp3) is 0.471. The molecule has 0 radical (unpaired) electrons. The van der Waals surface area contributed by atoms with E-state index in [1.807, 2.05) is 0 Å². The molecule has 2 N–H and O–H groups in total. The highest BCUT2D eigenvalue weighted by Crippen LogP contribution is 2.22. The van der Waals surface area contributed by atoms with Gasteiger partial charge in [-0.25, -0.2) is 12.7 Å². The molecule has 160 valence electrons. The fourth-order valence-corrected chi connectivity index (χ4v) is 4.42. The number of amides is 1. The van der Waals surface area contributed by atoms with Crippen molar-refractivity contribution in [3.8, 4) is 5.95 Å². The Bertz CT molecular complexity index is 1280. The molecule has 1 fully saturated rings. The van der Waals surface area contributed by atoms with Crippen LogP contribution in [0.15, 0.2) is 17.1 Å². The summed E-state index contributed by atoms with van der Waals surface area (Å²) in [5.41, 5.74) is 0.666. The second-order valence-electron chi connectivity index (χ2n) is 7.40. The average Bonchev–Trinajstić information content (AvgIpc) is 3.24. The third-order valence-electron chi connectivity index (χ3n) is 5.17. The normalized spacial score (nSPS) is 16.2. The van der Waals surface area contributed by atoms with E-state index in [9.17, 15) is 18.0 Å². The topological polar surface area (TPSA) is 148 Å². The molecule has 0 saturated carbocycles. The standard InChI is InChI=1S/C17H22N8O4S/c1-10-8-13(19-15(26)11-4-6-24(7-5-11)30(3,28)29)25(22-10)17-20-14-12(16(27)21-17)9-18-23(14)2/h8-9,11H,4-7H2,1-3H3,(H,19,26)(H,20,21,27). The van der Waals surface area contributed by atoms with Gasteiger partial charge >= 0.3 is 0 Å². The largest absolute Gasteiger partial charge is 0.310 e. The Balaban J connectivity index is 1.58. The van der Waals surface area contributed by atoms with E-state index in [0.717, 1.165) is 0 Å². The van der Waals surface area contributed by atoms with Gasteiger partial charge in [0, 0.05) is 32.1 Å². The zero-order valence-corrected chi connectivity index (χ0v) is 17.6. The smallest absolute Gasteiger partial charge is 0.263 e. The van der Waals surface area contributed by atoms with Crippen molar-refractivity contribution < 1.29 is 13.2 Å². The Morgan fingerprint density at radius 3 is 2.67 bits per heavy atom.